The summed E-state index contributed by atoms with van der Waals surface area (Å²) < 4.78 is 74.8. The van der Waals surface area contributed by atoms with Gasteiger partial charge >= 0.3 is 12.4 Å². The second-order valence-corrected chi connectivity index (χ2v) is 6.78. The van der Waals surface area contributed by atoms with E-state index in [0.29, 0.717) is 38.4 Å². The molecule has 0 aliphatic carbocycles. The summed E-state index contributed by atoms with van der Waals surface area (Å²) in [6.07, 6.45) is -7.32. The van der Waals surface area contributed by atoms with Crippen LogP contribution in [0.1, 0.15) is 19.8 Å². The Morgan fingerprint density at radius 3 is 1.65 bits per heavy atom. The Hall–Kier alpha value is -1.23. The zero-order valence-corrected chi connectivity index (χ0v) is 14.6. The predicted molar refractivity (Wildman–Crippen MR) is 86.0 cm³/mol. The summed E-state index contributed by atoms with van der Waals surface area (Å²) in [7, 11) is 0. The lowest BCUT2D eigenvalue weighted by Gasteiger charge is -2.22. The van der Waals surface area contributed by atoms with E-state index in [9.17, 15) is 26.3 Å². The Morgan fingerprint density at radius 1 is 0.885 bits per heavy atom. The lowest BCUT2D eigenvalue weighted by molar-refractivity contribution is -0.144. The van der Waals surface area contributed by atoms with Gasteiger partial charge in [0.05, 0.1) is 13.1 Å². The van der Waals surface area contributed by atoms with Crippen LogP contribution >= 0.6 is 0 Å². The SMILES string of the molecule is CCN=C(NC1CCN(CC(F)(F)F)C1)NC1CCN(CC(F)(F)F)C1. The summed E-state index contributed by atoms with van der Waals surface area (Å²) in [5, 5.41) is 6.22. The molecule has 0 aromatic rings. The second kappa shape index (κ2) is 8.64. The standard InChI is InChI=1S/C15H25F6N5/c1-2-22-13(23-11-3-5-25(7-11)9-14(16,17)18)24-12-4-6-26(8-12)10-15(19,20)21/h11-12H,2-10H2,1H3,(H2,22,23,24). The maximum atomic E-state index is 12.5. The normalized spacial score (nSPS) is 25.5. The van der Waals surface area contributed by atoms with Crippen molar-refractivity contribution in [3.05, 3.63) is 0 Å². The van der Waals surface area contributed by atoms with Crippen LogP contribution in [0, 0.1) is 0 Å². The molecule has 0 aromatic heterocycles. The van der Waals surface area contributed by atoms with Crippen molar-refractivity contribution in [2.45, 2.75) is 44.2 Å². The number of nitrogens with one attached hydrogen (secondary N) is 2. The molecule has 2 heterocycles. The van der Waals surface area contributed by atoms with Gasteiger partial charge in [0.2, 0.25) is 0 Å². The Kier molecular flexibility index (Phi) is 7.00. The lowest BCUT2D eigenvalue weighted by Crippen LogP contribution is -2.49. The van der Waals surface area contributed by atoms with Crippen LogP contribution in [-0.2, 0) is 0 Å². The molecule has 0 bridgehead atoms. The number of nitrogens with zero attached hydrogens (tertiary/aromatic N) is 3. The van der Waals surface area contributed by atoms with Gasteiger partial charge in [0.1, 0.15) is 0 Å². The van der Waals surface area contributed by atoms with Crippen LogP contribution in [0.3, 0.4) is 0 Å². The molecule has 0 aromatic carbocycles. The molecule has 2 aliphatic heterocycles. The molecule has 2 aliphatic rings. The van der Waals surface area contributed by atoms with Gasteiger partial charge in [-0.1, -0.05) is 0 Å². The summed E-state index contributed by atoms with van der Waals surface area (Å²) in [4.78, 5) is 6.93. The fourth-order valence-corrected chi connectivity index (χ4v) is 3.37. The topological polar surface area (TPSA) is 42.9 Å². The minimum absolute atomic E-state index is 0.164. The highest BCUT2D eigenvalue weighted by atomic mass is 19.4. The molecule has 2 N–H and O–H groups in total. The van der Waals surface area contributed by atoms with E-state index in [1.807, 2.05) is 6.92 Å². The van der Waals surface area contributed by atoms with Gasteiger partial charge in [0.15, 0.2) is 5.96 Å². The van der Waals surface area contributed by atoms with Crippen molar-refractivity contribution < 1.29 is 26.3 Å². The molecule has 2 atom stereocenters. The molecular formula is C15H25F6N5. The van der Waals surface area contributed by atoms with Crippen molar-refractivity contribution >= 4 is 5.96 Å². The van der Waals surface area contributed by atoms with Gasteiger partial charge < -0.3 is 10.6 Å². The highest BCUT2D eigenvalue weighted by Crippen LogP contribution is 2.21. The fourth-order valence-electron chi connectivity index (χ4n) is 3.37. The van der Waals surface area contributed by atoms with Crippen molar-refractivity contribution in [2.24, 2.45) is 4.99 Å². The van der Waals surface area contributed by atoms with E-state index in [-0.39, 0.29) is 25.2 Å². The van der Waals surface area contributed by atoms with E-state index in [1.54, 1.807) is 0 Å². The maximum absolute atomic E-state index is 12.5. The average Bonchev–Trinajstić information content (AvgIpc) is 3.05. The van der Waals surface area contributed by atoms with Gasteiger partial charge in [-0.25, -0.2) is 0 Å². The molecule has 2 unspecified atom stereocenters. The first kappa shape index (κ1) is 21.1. The predicted octanol–water partition coefficient (Wildman–Crippen LogP) is 1.81. The molecule has 0 amide bonds. The van der Waals surface area contributed by atoms with Crippen LogP contribution in [0.4, 0.5) is 26.3 Å². The smallest absolute Gasteiger partial charge is 0.352 e. The lowest BCUT2D eigenvalue weighted by atomic mass is 10.2. The average molecular weight is 389 g/mol. The molecule has 2 saturated heterocycles. The van der Waals surface area contributed by atoms with E-state index in [1.165, 1.54) is 9.80 Å². The maximum Gasteiger partial charge on any atom is 0.401 e. The highest BCUT2D eigenvalue weighted by Gasteiger charge is 2.36. The molecule has 0 spiro atoms. The van der Waals surface area contributed by atoms with Crippen molar-refractivity contribution in [3.8, 4) is 0 Å². The molecule has 11 heteroatoms. The van der Waals surface area contributed by atoms with Crippen molar-refractivity contribution in [2.75, 3.05) is 45.8 Å². The van der Waals surface area contributed by atoms with E-state index < -0.39 is 25.4 Å². The number of halogens is 6. The van der Waals surface area contributed by atoms with Gasteiger partial charge in [0, 0.05) is 44.8 Å². The zero-order chi connectivity index (χ0) is 19.4. The Bertz CT molecular complexity index is 440. The van der Waals surface area contributed by atoms with E-state index in [4.69, 9.17) is 0 Å². The molecule has 26 heavy (non-hydrogen) atoms. The second-order valence-electron chi connectivity index (χ2n) is 6.78. The molecule has 2 rings (SSSR count). The van der Waals surface area contributed by atoms with E-state index in [0.717, 1.165) is 0 Å². The van der Waals surface area contributed by atoms with Crippen LogP contribution in [0.2, 0.25) is 0 Å². The molecule has 2 fully saturated rings. The molecule has 0 saturated carbocycles. The number of hydrogen-bond acceptors (Lipinski definition) is 3. The molecule has 152 valence electrons. The Morgan fingerprint density at radius 2 is 1.31 bits per heavy atom. The first-order valence-corrected chi connectivity index (χ1v) is 8.70. The molecule has 0 radical (unpaired) electrons. The Balaban J connectivity index is 1.80. The first-order chi connectivity index (χ1) is 12.0. The largest absolute Gasteiger partial charge is 0.401 e. The highest BCUT2D eigenvalue weighted by molar-refractivity contribution is 5.80. The fraction of sp³-hybridized carbons (Fsp3) is 0.933. The van der Waals surface area contributed by atoms with Crippen LogP contribution in [0.5, 0.6) is 0 Å². The van der Waals surface area contributed by atoms with Gasteiger partial charge in [-0.2, -0.15) is 26.3 Å². The van der Waals surface area contributed by atoms with Gasteiger partial charge in [0.25, 0.3) is 0 Å². The van der Waals surface area contributed by atoms with Crippen LogP contribution in [0.15, 0.2) is 4.99 Å². The number of rotatable bonds is 5. The minimum atomic E-state index is -4.22. The number of likely N-dealkylation sites (tertiary alicyclic amines) is 2. The van der Waals surface area contributed by atoms with Crippen LogP contribution in [-0.4, -0.2) is 86.0 Å². The third-order valence-corrected chi connectivity index (χ3v) is 4.35. The summed E-state index contributed by atoms with van der Waals surface area (Å²) in [5.41, 5.74) is 0. The Labute approximate surface area is 148 Å². The van der Waals surface area contributed by atoms with Gasteiger partial charge in [-0.15, -0.1) is 0 Å². The summed E-state index contributed by atoms with van der Waals surface area (Å²) in [5.74, 6) is 0.449. The van der Waals surface area contributed by atoms with E-state index >= 15 is 0 Å². The minimum Gasteiger partial charge on any atom is -0.352 e. The summed E-state index contributed by atoms with van der Waals surface area (Å²) >= 11 is 0. The quantitative estimate of drug-likeness (QED) is 0.428. The van der Waals surface area contributed by atoms with Gasteiger partial charge in [-0.3, -0.25) is 14.8 Å². The summed E-state index contributed by atoms with van der Waals surface area (Å²) in [6.45, 7) is 1.62. The summed E-state index contributed by atoms with van der Waals surface area (Å²) in [6, 6.07) is -0.328. The van der Waals surface area contributed by atoms with Crippen LogP contribution < -0.4 is 10.6 Å². The van der Waals surface area contributed by atoms with Crippen molar-refractivity contribution in [3.63, 3.8) is 0 Å². The molecule has 5 nitrogen and oxygen atoms in total. The van der Waals surface area contributed by atoms with Crippen molar-refractivity contribution in [1.29, 1.82) is 0 Å². The monoisotopic (exact) mass is 389 g/mol. The number of hydrogen-bond donors (Lipinski definition) is 2. The number of guanidine groups is 1. The third kappa shape index (κ3) is 7.56. The van der Waals surface area contributed by atoms with Crippen LogP contribution in [0.25, 0.3) is 0 Å². The third-order valence-electron chi connectivity index (χ3n) is 4.35. The zero-order valence-electron chi connectivity index (χ0n) is 14.6. The van der Waals surface area contributed by atoms with Gasteiger partial charge in [-0.05, 0) is 19.8 Å². The van der Waals surface area contributed by atoms with E-state index in [2.05, 4.69) is 15.6 Å². The number of alkyl halides is 6. The van der Waals surface area contributed by atoms with Crippen molar-refractivity contribution in [1.82, 2.24) is 20.4 Å². The molecular weight excluding hydrogens is 364 g/mol. The number of aliphatic imine (C=N–C) groups is 1. The first-order valence-electron chi connectivity index (χ1n) is 8.70.